The van der Waals surface area contributed by atoms with E-state index in [1.807, 2.05) is 18.2 Å². The quantitative estimate of drug-likeness (QED) is 0.726. The number of aromatic nitrogens is 1. The molecule has 0 atom stereocenters. The molecular weight excluding hydrogens is 202 g/mol. The van der Waals surface area contributed by atoms with Gasteiger partial charge in [0.1, 0.15) is 0 Å². The lowest BCUT2D eigenvalue weighted by molar-refractivity contribution is 0.310. The molecule has 3 rings (SSSR count). The van der Waals surface area contributed by atoms with Crippen molar-refractivity contribution in [3.8, 4) is 0 Å². The number of hydrogen-bond donors (Lipinski definition) is 0. The van der Waals surface area contributed by atoms with Gasteiger partial charge in [-0.1, -0.05) is 17.3 Å². The lowest BCUT2D eigenvalue weighted by atomic mass is 10.2. The van der Waals surface area contributed by atoms with Crippen LogP contribution in [0.25, 0.3) is 11.0 Å². The second-order valence-electron chi connectivity index (χ2n) is 4.29. The Hall–Kier alpha value is -1.55. The van der Waals surface area contributed by atoms with Gasteiger partial charge in [0.2, 0.25) is 0 Å². The van der Waals surface area contributed by atoms with Crippen LogP contribution in [-0.2, 0) is 0 Å². The molecule has 4 heteroatoms. The van der Waals surface area contributed by atoms with Crippen LogP contribution in [0.2, 0.25) is 0 Å². The lowest BCUT2D eigenvalue weighted by Gasteiger charge is -2.32. The summed E-state index contributed by atoms with van der Waals surface area (Å²) in [6, 6.07) is 8.03. The van der Waals surface area contributed by atoms with Crippen LogP contribution in [0.15, 0.2) is 28.8 Å². The van der Waals surface area contributed by atoms with Gasteiger partial charge < -0.3 is 14.3 Å². The summed E-state index contributed by atoms with van der Waals surface area (Å²) < 4.78 is 5.32. The van der Waals surface area contributed by atoms with Gasteiger partial charge in [0, 0.05) is 26.2 Å². The number of rotatable bonds is 1. The predicted octanol–water partition coefficient (Wildman–Crippen LogP) is 1.58. The van der Waals surface area contributed by atoms with Crippen molar-refractivity contribution in [1.29, 1.82) is 0 Å². The molecule has 0 N–H and O–H groups in total. The van der Waals surface area contributed by atoms with Crippen molar-refractivity contribution < 1.29 is 4.52 Å². The smallest absolute Gasteiger partial charge is 0.180 e. The second kappa shape index (κ2) is 3.79. The van der Waals surface area contributed by atoms with Crippen molar-refractivity contribution in [2.24, 2.45) is 0 Å². The minimum atomic E-state index is 0.872. The van der Waals surface area contributed by atoms with Crippen LogP contribution in [-0.4, -0.2) is 43.3 Å². The van der Waals surface area contributed by atoms with E-state index in [0.717, 1.165) is 43.0 Å². The fourth-order valence-corrected chi connectivity index (χ4v) is 2.12. The van der Waals surface area contributed by atoms with Gasteiger partial charge in [-0.05, 0) is 19.2 Å². The molecule has 1 aliphatic heterocycles. The summed E-state index contributed by atoms with van der Waals surface area (Å²) in [4.78, 5) is 4.63. The zero-order valence-electron chi connectivity index (χ0n) is 9.39. The summed E-state index contributed by atoms with van der Waals surface area (Å²) in [7, 11) is 2.15. The Morgan fingerprint density at radius 1 is 1.12 bits per heavy atom. The number of piperazine rings is 1. The van der Waals surface area contributed by atoms with Crippen LogP contribution in [0.4, 0.5) is 5.82 Å². The van der Waals surface area contributed by atoms with E-state index in [4.69, 9.17) is 4.52 Å². The van der Waals surface area contributed by atoms with Gasteiger partial charge in [-0.25, -0.2) is 0 Å². The molecule has 1 saturated heterocycles. The lowest BCUT2D eigenvalue weighted by Crippen LogP contribution is -2.44. The first kappa shape index (κ1) is 9.66. The van der Waals surface area contributed by atoms with Crippen molar-refractivity contribution in [2.45, 2.75) is 0 Å². The van der Waals surface area contributed by atoms with E-state index in [9.17, 15) is 0 Å². The Morgan fingerprint density at radius 2 is 1.88 bits per heavy atom. The molecule has 1 aromatic carbocycles. The van der Waals surface area contributed by atoms with Gasteiger partial charge in [-0.2, -0.15) is 0 Å². The maximum Gasteiger partial charge on any atom is 0.180 e. The van der Waals surface area contributed by atoms with E-state index < -0.39 is 0 Å². The van der Waals surface area contributed by atoms with E-state index in [1.165, 1.54) is 0 Å². The average Bonchev–Trinajstić information content (AvgIpc) is 2.74. The van der Waals surface area contributed by atoms with Crippen LogP contribution in [0.3, 0.4) is 0 Å². The largest absolute Gasteiger partial charge is 0.354 e. The van der Waals surface area contributed by atoms with E-state index >= 15 is 0 Å². The number of fused-ring (bicyclic) bond motifs is 1. The Balaban J connectivity index is 1.94. The van der Waals surface area contributed by atoms with Crippen molar-refractivity contribution in [3.05, 3.63) is 24.3 Å². The average molecular weight is 217 g/mol. The van der Waals surface area contributed by atoms with Gasteiger partial charge in [0.15, 0.2) is 11.4 Å². The predicted molar refractivity (Wildman–Crippen MR) is 63.7 cm³/mol. The molecule has 0 aliphatic carbocycles. The molecule has 4 nitrogen and oxygen atoms in total. The highest BCUT2D eigenvalue weighted by atomic mass is 16.5. The Kier molecular flexibility index (Phi) is 2.29. The molecule has 16 heavy (non-hydrogen) atoms. The highest BCUT2D eigenvalue weighted by Crippen LogP contribution is 2.26. The molecular formula is C12H15N3O. The Morgan fingerprint density at radius 3 is 2.69 bits per heavy atom. The van der Waals surface area contributed by atoms with Crippen LogP contribution in [0.1, 0.15) is 0 Å². The topological polar surface area (TPSA) is 32.5 Å². The molecule has 2 aromatic rings. The van der Waals surface area contributed by atoms with E-state index in [0.29, 0.717) is 0 Å². The highest BCUT2D eigenvalue weighted by Gasteiger charge is 2.19. The molecule has 0 amide bonds. The third-order valence-corrected chi connectivity index (χ3v) is 3.16. The molecule has 1 fully saturated rings. The van der Waals surface area contributed by atoms with Crippen LogP contribution in [0, 0.1) is 0 Å². The fourth-order valence-electron chi connectivity index (χ4n) is 2.12. The molecule has 1 aliphatic rings. The van der Waals surface area contributed by atoms with Gasteiger partial charge in [0.05, 0.1) is 5.39 Å². The van der Waals surface area contributed by atoms with E-state index in [1.54, 1.807) is 0 Å². The maximum atomic E-state index is 5.32. The Bertz CT molecular complexity index is 486. The first-order valence-corrected chi connectivity index (χ1v) is 5.62. The summed E-state index contributed by atoms with van der Waals surface area (Å²) >= 11 is 0. The second-order valence-corrected chi connectivity index (χ2v) is 4.29. The molecule has 0 radical (unpaired) electrons. The first-order valence-electron chi connectivity index (χ1n) is 5.62. The van der Waals surface area contributed by atoms with Crippen molar-refractivity contribution in [2.75, 3.05) is 38.1 Å². The van der Waals surface area contributed by atoms with Gasteiger partial charge in [0.25, 0.3) is 0 Å². The zero-order valence-corrected chi connectivity index (χ0v) is 9.39. The van der Waals surface area contributed by atoms with Gasteiger partial charge in [-0.15, -0.1) is 0 Å². The molecule has 2 heterocycles. The number of likely N-dealkylation sites (N-methyl/N-ethyl adjacent to an activating group) is 1. The number of hydrogen-bond acceptors (Lipinski definition) is 4. The van der Waals surface area contributed by atoms with Gasteiger partial charge >= 0.3 is 0 Å². The minimum absolute atomic E-state index is 0.872. The summed E-state index contributed by atoms with van der Waals surface area (Å²) in [5, 5.41) is 5.29. The SMILES string of the molecule is CN1CCN(c2noc3ccccc23)CC1. The van der Waals surface area contributed by atoms with E-state index in [-0.39, 0.29) is 0 Å². The fraction of sp³-hybridized carbons (Fsp3) is 0.417. The van der Waals surface area contributed by atoms with Crippen LogP contribution >= 0.6 is 0 Å². The summed E-state index contributed by atoms with van der Waals surface area (Å²) in [5.74, 6) is 0.990. The summed E-state index contributed by atoms with van der Waals surface area (Å²) in [6.07, 6.45) is 0. The number of anilines is 1. The van der Waals surface area contributed by atoms with Crippen molar-refractivity contribution >= 4 is 16.8 Å². The Labute approximate surface area is 94.4 Å². The normalized spacial score (nSPS) is 18.2. The third-order valence-electron chi connectivity index (χ3n) is 3.16. The minimum Gasteiger partial charge on any atom is -0.354 e. The summed E-state index contributed by atoms with van der Waals surface area (Å²) in [6.45, 7) is 4.21. The van der Waals surface area contributed by atoms with Gasteiger partial charge in [-0.3, -0.25) is 0 Å². The zero-order chi connectivity index (χ0) is 11.0. The monoisotopic (exact) mass is 217 g/mol. The molecule has 0 saturated carbocycles. The van der Waals surface area contributed by atoms with Crippen LogP contribution < -0.4 is 4.90 Å². The molecule has 0 unspecified atom stereocenters. The molecule has 0 bridgehead atoms. The number of benzene rings is 1. The standard InChI is InChI=1S/C12H15N3O/c1-14-6-8-15(9-7-14)12-10-4-2-3-5-11(10)16-13-12/h2-5H,6-9H2,1H3. The van der Waals surface area contributed by atoms with Crippen molar-refractivity contribution in [1.82, 2.24) is 10.1 Å². The van der Waals surface area contributed by atoms with Crippen molar-refractivity contribution in [3.63, 3.8) is 0 Å². The number of para-hydroxylation sites is 1. The first-order chi connectivity index (χ1) is 7.84. The molecule has 0 spiro atoms. The third kappa shape index (κ3) is 1.55. The highest BCUT2D eigenvalue weighted by molar-refractivity contribution is 5.88. The molecule has 1 aromatic heterocycles. The molecule has 84 valence electrons. The number of nitrogens with zero attached hydrogens (tertiary/aromatic N) is 3. The van der Waals surface area contributed by atoms with E-state index in [2.05, 4.69) is 28.1 Å². The van der Waals surface area contributed by atoms with Crippen LogP contribution in [0.5, 0.6) is 0 Å². The maximum absolute atomic E-state index is 5.32. The summed E-state index contributed by atoms with van der Waals surface area (Å²) in [5.41, 5.74) is 0.872.